The summed E-state index contributed by atoms with van der Waals surface area (Å²) >= 11 is 3.39. The summed E-state index contributed by atoms with van der Waals surface area (Å²) in [5.41, 5.74) is 4.27. The Morgan fingerprint density at radius 2 is 0.811 bits per heavy atom. The Bertz CT molecular complexity index is 1710. The highest BCUT2D eigenvalue weighted by Gasteiger charge is 2.06. The van der Waals surface area contributed by atoms with Crippen molar-refractivity contribution in [1.82, 2.24) is 0 Å². The molecular weight excluding hydrogens is 528 g/mol. The first-order chi connectivity index (χ1) is 17.9. The van der Waals surface area contributed by atoms with Crippen LogP contribution in [-0.4, -0.2) is 20.4 Å². The fourth-order valence-electron chi connectivity index (χ4n) is 4.18. The van der Waals surface area contributed by atoms with Gasteiger partial charge in [0.1, 0.15) is 23.0 Å². The van der Waals surface area contributed by atoms with Crippen molar-refractivity contribution < 1.29 is 20.4 Å². The van der Waals surface area contributed by atoms with Crippen LogP contribution in [0.25, 0.3) is 43.8 Å². The highest BCUT2D eigenvalue weighted by atomic mass is 79.9. The molecule has 0 aromatic heterocycles. The third-order valence-corrected chi connectivity index (χ3v) is 6.99. The molecule has 0 atom stereocenters. The maximum Gasteiger partial charge on any atom is 0.130 e. The quantitative estimate of drug-likeness (QED) is 0.174. The van der Waals surface area contributed by atoms with Crippen molar-refractivity contribution in [2.24, 2.45) is 0 Å². The van der Waals surface area contributed by atoms with Crippen molar-refractivity contribution in [1.29, 1.82) is 0 Å². The summed E-state index contributed by atoms with van der Waals surface area (Å²) in [6, 6.07) is 35.2. The van der Waals surface area contributed by atoms with E-state index in [1.165, 1.54) is 0 Å². The molecular formula is C32H23BrO4. The summed E-state index contributed by atoms with van der Waals surface area (Å²) in [7, 11) is 0. The van der Waals surface area contributed by atoms with E-state index in [2.05, 4.69) is 28.1 Å². The number of fused-ring (bicyclic) bond motifs is 2. The largest absolute Gasteiger partial charge is 0.508 e. The maximum atomic E-state index is 9.66. The molecule has 0 saturated heterocycles. The zero-order valence-corrected chi connectivity index (χ0v) is 21.2. The number of aromatic hydroxyl groups is 4. The topological polar surface area (TPSA) is 80.9 Å². The van der Waals surface area contributed by atoms with Gasteiger partial charge in [0, 0.05) is 0 Å². The summed E-state index contributed by atoms with van der Waals surface area (Å²) in [4.78, 5) is 0. The van der Waals surface area contributed by atoms with E-state index >= 15 is 0 Å². The van der Waals surface area contributed by atoms with E-state index in [1.54, 1.807) is 42.5 Å². The lowest BCUT2D eigenvalue weighted by Crippen LogP contribution is -1.80. The lowest BCUT2D eigenvalue weighted by atomic mass is 10.0. The Morgan fingerprint density at radius 3 is 1.43 bits per heavy atom. The predicted molar refractivity (Wildman–Crippen MR) is 153 cm³/mol. The van der Waals surface area contributed by atoms with Gasteiger partial charge in [-0.05, 0) is 114 Å². The molecule has 0 saturated carbocycles. The number of phenolic OH excluding ortho intramolecular Hbond substituents is 4. The van der Waals surface area contributed by atoms with Crippen molar-refractivity contribution in [3.05, 3.63) is 120 Å². The molecule has 5 heteroatoms. The van der Waals surface area contributed by atoms with E-state index in [0.717, 1.165) is 43.8 Å². The number of phenols is 4. The molecule has 0 aliphatic carbocycles. The molecule has 4 N–H and O–H groups in total. The average molecular weight is 551 g/mol. The van der Waals surface area contributed by atoms with Crippen LogP contribution in [-0.2, 0) is 0 Å². The third kappa shape index (κ3) is 5.37. The summed E-state index contributed by atoms with van der Waals surface area (Å²) in [5, 5.41) is 41.8. The first-order valence-corrected chi connectivity index (χ1v) is 12.4. The summed E-state index contributed by atoms with van der Waals surface area (Å²) < 4.78 is 0.710. The first-order valence-electron chi connectivity index (χ1n) is 11.6. The number of hydrogen-bond acceptors (Lipinski definition) is 4. The molecule has 0 radical (unpaired) electrons. The van der Waals surface area contributed by atoms with E-state index in [4.69, 9.17) is 0 Å². The second kappa shape index (κ2) is 10.2. The molecule has 0 fully saturated rings. The second-order valence-electron chi connectivity index (χ2n) is 8.67. The molecule has 4 nitrogen and oxygen atoms in total. The minimum absolute atomic E-state index is 0.241. The van der Waals surface area contributed by atoms with Crippen molar-refractivity contribution in [2.45, 2.75) is 0 Å². The van der Waals surface area contributed by atoms with Gasteiger partial charge in [-0.3, -0.25) is 0 Å². The molecule has 6 aromatic carbocycles. The number of halogens is 1. The van der Waals surface area contributed by atoms with Gasteiger partial charge in [0.25, 0.3) is 0 Å². The van der Waals surface area contributed by atoms with Crippen LogP contribution in [0.2, 0.25) is 0 Å². The molecule has 182 valence electrons. The van der Waals surface area contributed by atoms with E-state index in [1.807, 2.05) is 60.7 Å². The molecule has 0 aliphatic heterocycles. The van der Waals surface area contributed by atoms with Crippen LogP contribution in [0.4, 0.5) is 0 Å². The van der Waals surface area contributed by atoms with Crippen LogP contribution in [0, 0.1) is 0 Å². The van der Waals surface area contributed by atoms with Gasteiger partial charge in [-0.15, -0.1) is 0 Å². The SMILES string of the molecule is Oc1ccc(-c2ccc3c(Br)c(O)ccc3c2)cc1.Oc1ccc(-c2ccc3cc(O)ccc3c2)cc1. The smallest absolute Gasteiger partial charge is 0.130 e. The van der Waals surface area contributed by atoms with Crippen molar-refractivity contribution in [3.8, 4) is 45.3 Å². The molecule has 0 spiro atoms. The zero-order valence-electron chi connectivity index (χ0n) is 19.6. The summed E-state index contributed by atoms with van der Waals surface area (Å²) in [5.74, 6) is 1.05. The van der Waals surface area contributed by atoms with E-state index in [9.17, 15) is 20.4 Å². The number of benzene rings is 6. The van der Waals surface area contributed by atoms with Crippen LogP contribution >= 0.6 is 15.9 Å². The Kier molecular flexibility index (Phi) is 6.71. The van der Waals surface area contributed by atoms with Gasteiger partial charge in [-0.2, -0.15) is 0 Å². The minimum atomic E-state index is 0.241. The van der Waals surface area contributed by atoms with E-state index in [-0.39, 0.29) is 23.0 Å². The molecule has 0 unspecified atom stereocenters. The zero-order chi connectivity index (χ0) is 25.9. The summed E-state index contributed by atoms with van der Waals surface area (Å²) in [6.07, 6.45) is 0. The molecule has 6 rings (SSSR count). The highest BCUT2D eigenvalue weighted by molar-refractivity contribution is 9.10. The fraction of sp³-hybridized carbons (Fsp3) is 0. The van der Waals surface area contributed by atoms with Crippen molar-refractivity contribution >= 4 is 37.5 Å². The monoisotopic (exact) mass is 550 g/mol. The standard InChI is InChI=1S/C16H11BrO2.C16H12O2/c17-16-14-7-3-11(9-12(14)4-8-15(16)19)10-1-5-13(18)6-2-10;17-15-6-3-11(4-7-15)12-1-2-14-10-16(18)8-5-13(14)9-12/h1-9,18-19H;1-10,17-18H. The van der Waals surface area contributed by atoms with Crippen molar-refractivity contribution in [2.75, 3.05) is 0 Å². The van der Waals surface area contributed by atoms with Crippen LogP contribution in [0.3, 0.4) is 0 Å². The third-order valence-electron chi connectivity index (χ3n) is 6.16. The van der Waals surface area contributed by atoms with Gasteiger partial charge in [-0.1, -0.05) is 60.7 Å². The Morgan fingerprint density at radius 1 is 0.378 bits per heavy atom. The van der Waals surface area contributed by atoms with Crippen LogP contribution in [0.15, 0.2) is 120 Å². The summed E-state index contributed by atoms with van der Waals surface area (Å²) in [6.45, 7) is 0. The average Bonchev–Trinajstić information content (AvgIpc) is 2.91. The number of hydrogen-bond donors (Lipinski definition) is 4. The number of rotatable bonds is 2. The van der Waals surface area contributed by atoms with Crippen LogP contribution < -0.4 is 0 Å². The normalized spacial score (nSPS) is 10.7. The molecule has 6 aromatic rings. The van der Waals surface area contributed by atoms with E-state index in [0.29, 0.717) is 4.47 Å². The molecule has 37 heavy (non-hydrogen) atoms. The molecule has 0 aliphatic rings. The van der Waals surface area contributed by atoms with Gasteiger partial charge >= 0.3 is 0 Å². The Hall–Kier alpha value is -4.48. The van der Waals surface area contributed by atoms with Crippen LogP contribution in [0.1, 0.15) is 0 Å². The second-order valence-corrected chi connectivity index (χ2v) is 9.47. The van der Waals surface area contributed by atoms with Gasteiger partial charge in [0.05, 0.1) is 4.47 Å². The highest BCUT2D eigenvalue weighted by Crippen LogP contribution is 2.34. The van der Waals surface area contributed by atoms with E-state index < -0.39 is 0 Å². The molecule has 0 heterocycles. The van der Waals surface area contributed by atoms with Crippen molar-refractivity contribution in [3.63, 3.8) is 0 Å². The minimum Gasteiger partial charge on any atom is -0.508 e. The molecule has 0 amide bonds. The Balaban J connectivity index is 0.000000152. The van der Waals surface area contributed by atoms with Gasteiger partial charge in [0.15, 0.2) is 0 Å². The first kappa shape index (κ1) is 24.2. The lowest BCUT2D eigenvalue weighted by molar-refractivity contribution is 0.472. The molecule has 0 bridgehead atoms. The lowest BCUT2D eigenvalue weighted by Gasteiger charge is -2.07. The van der Waals surface area contributed by atoms with Gasteiger partial charge in [-0.25, -0.2) is 0 Å². The van der Waals surface area contributed by atoms with Gasteiger partial charge in [0.2, 0.25) is 0 Å². The fourth-order valence-corrected chi connectivity index (χ4v) is 4.67. The Labute approximate surface area is 222 Å². The predicted octanol–water partition coefficient (Wildman–Crippen LogP) is 8.60. The van der Waals surface area contributed by atoms with Crippen LogP contribution in [0.5, 0.6) is 23.0 Å². The maximum absolute atomic E-state index is 9.66. The van der Waals surface area contributed by atoms with Gasteiger partial charge < -0.3 is 20.4 Å².